The maximum absolute atomic E-state index is 6.35. The van der Waals surface area contributed by atoms with E-state index in [2.05, 4.69) is 22.3 Å². The number of rotatable bonds is 2. The molecule has 4 heteroatoms. The maximum atomic E-state index is 6.35. The Balaban J connectivity index is 1.47. The van der Waals surface area contributed by atoms with Gasteiger partial charge >= 0.3 is 0 Å². The molecule has 4 nitrogen and oxygen atoms in total. The van der Waals surface area contributed by atoms with Crippen LogP contribution in [0.4, 0.5) is 0 Å². The van der Waals surface area contributed by atoms with Gasteiger partial charge in [-0.25, -0.2) is 0 Å². The number of nitrogens with zero attached hydrogens (tertiary/aromatic N) is 2. The van der Waals surface area contributed by atoms with Crippen molar-refractivity contribution < 1.29 is 4.74 Å². The Labute approximate surface area is 110 Å². The molecule has 0 amide bonds. The normalized spacial score (nSPS) is 30.8. The van der Waals surface area contributed by atoms with Crippen LogP contribution in [0.1, 0.15) is 44.9 Å². The van der Waals surface area contributed by atoms with Crippen LogP contribution in [-0.4, -0.2) is 49.2 Å². The number of aliphatic imine (C=N–C) groups is 1. The Kier molecular flexibility index (Phi) is 3.46. The van der Waals surface area contributed by atoms with Crippen molar-refractivity contribution in [2.45, 2.75) is 56.7 Å². The average Bonchev–Trinajstić information content (AvgIpc) is 2.96. The van der Waals surface area contributed by atoms with E-state index in [0.717, 1.165) is 25.6 Å². The summed E-state index contributed by atoms with van der Waals surface area (Å²) in [5, 5.41) is 3.45. The molecular weight excluding hydrogens is 226 g/mol. The highest BCUT2D eigenvalue weighted by molar-refractivity contribution is 5.81. The van der Waals surface area contributed by atoms with Crippen LogP contribution in [-0.2, 0) is 4.74 Å². The fraction of sp³-hybridized carbons (Fsp3) is 0.929. The van der Waals surface area contributed by atoms with Crippen LogP contribution in [0.25, 0.3) is 0 Å². The summed E-state index contributed by atoms with van der Waals surface area (Å²) in [4.78, 5) is 6.64. The van der Waals surface area contributed by atoms with E-state index < -0.39 is 0 Å². The molecule has 1 atom stereocenters. The topological polar surface area (TPSA) is 36.9 Å². The summed E-state index contributed by atoms with van der Waals surface area (Å²) in [7, 11) is 2.09. The number of hydrogen-bond donors (Lipinski definition) is 1. The molecule has 0 bridgehead atoms. The van der Waals surface area contributed by atoms with Gasteiger partial charge in [0.25, 0.3) is 0 Å². The van der Waals surface area contributed by atoms with E-state index >= 15 is 0 Å². The van der Waals surface area contributed by atoms with Gasteiger partial charge in [0.05, 0.1) is 18.2 Å². The second kappa shape index (κ2) is 5.08. The van der Waals surface area contributed by atoms with Gasteiger partial charge in [0.1, 0.15) is 0 Å². The fourth-order valence-electron chi connectivity index (χ4n) is 3.53. The molecule has 2 heterocycles. The monoisotopic (exact) mass is 251 g/mol. The quantitative estimate of drug-likeness (QED) is 0.812. The number of likely N-dealkylation sites (N-methyl/N-ethyl adjacent to an activating group) is 1. The minimum absolute atomic E-state index is 0.244. The van der Waals surface area contributed by atoms with Crippen LogP contribution in [0.2, 0.25) is 0 Å². The molecule has 1 saturated heterocycles. The lowest BCUT2D eigenvalue weighted by molar-refractivity contribution is -0.0613. The van der Waals surface area contributed by atoms with E-state index in [-0.39, 0.29) is 5.60 Å². The van der Waals surface area contributed by atoms with E-state index in [0.29, 0.717) is 6.10 Å². The van der Waals surface area contributed by atoms with Gasteiger partial charge in [-0.15, -0.1) is 0 Å². The van der Waals surface area contributed by atoms with Gasteiger partial charge < -0.3 is 15.0 Å². The summed E-state index contributed by atoms with van der Waals surface area (Å²) in [5.74, 6) is 1.04. The first-order chi connectivity index (χ1) is 8.77. The van der Waals surface area contributed by atoms with Crippen molar-refractivity contribution in [3.63, 3.8) is 0 Å². The third-order valence-corrected chi connectivity index (χ3v) is 4.65. The maximum Gasteiger partial charge on any atom is 0.193 e. The molecule has 2 fully saturated rings. The smallest absolute Gasteiger partial charge is 0.193 e. The number of ether oxygens (including phenoxy) is 1. The molecule has 1 saturated carbocycles. The van der Waals surface area contributed by atoms with Crippen LogP contribution < -0.4 is 5.32 Å². The highest BCUT2D eigenvalue weighted by Gasteiger charge is 2.40. The van der Waals surface area contributed by atoms with Crippen LogP contribution in [0, 0.1) is 0 Å². The molecule has 0 aromatic rings. The summed E-state index contributed by atoms with van der Waals surface area (Å²) >= 11 is 0. The van der Waals surface area contributed by atoms with Gasteiger partial charge in [-0.05, 0) is 25.7 Å². The summed E-state index contributed by atoms with van der Waals surface area (Å²) < 4.78 is 6.35. The Morgan fingerprint density at radius 1 is 1.33 bits per heavy atom. The minimum Gasteiger partial charge on any atom is -0.370 e. The SMILES string of the molecule is CN1CCN=C1NCC1CCC2(CCCCC2)O1. The molecule has 18 heavy (non-hydrogen) atoms. The van der Waals surface area contributed by atoms with Gasteiger partial charge in [-0.3, -0.25) is 4.99 Å². The molecule has 102 valence electrons. The van der Waals surface area contributed by atoms with Gasteiger partial charge in [-0.2, -0.15) is 0 Å². The Morgan fingerprint density at radius 3 is 2.89 bits per heavy atom. The van der Waals surface area contributed by atoms with Crippen LogP contribution in [0.3, 0.4) is 0 Å². The molecule has 3 rings (SSSR count). The third kappa shape index (κ3) is 2.48. The fourth-order valence-corrected chi connectivity index (χ4v) is 3.53. The first kappa shape index (κ1) is 12.3. The highest BCUT2D eigenvalue weighted by Crippen LogP contribution is 2.41. The largest absolute Gasteiger partial charge is 0.370 e. The Morgan fingerprint density at radius 2 is 2.17 bits per heavy atom. The Hall–Kier alpha value is -0.770. The van der Waals surface area contributed by atoms with Gasteiger partial charge in [0, 0.05) is 20.1 Å². The first-order valence-electron chi connectivity index (χ1n) is 7.45. The molecular formula is C14H25N3O. The Bertz CT molecular complexity index is 323. The van der Waals surface area contributed by atoms with E-state index in [1.165, 1.54) is 44.9 Å². The van der Waals surface area contributed by atoms with Gasteiger partial charge in [0.15, 0.2) is 5.96 Å². The summed E-state index contributed by atoms with van der Waals surface area (Å²) in [5.41, 5.74) is 0.244. The zero-order chi connectivity index (χ0) is 12.4. The predicted molar refractivity (Wildman–Crippen MR) is 72.9 cm³/mol. The van der Waals surface area contributed by atoms with Crippen molar-refractivity contribution in [1.82, 2.24) is 10.2 Å². The van der Waals surface area contributed by atoms with E-state index in [4.69, 9.17) is 4.74 Å². The van der Waals surface area contributed by atoms with Crippen molar-refractivity contribution in [2.24, 2.45) is 4.99 Å². The number of hydrogen-bond acceptors (Lipinski definition) is 4. The van der Waals surface area contributed by atoms with Crippen molar-refractivity contribution in [3.05, 3.63) is 0 Å². The van der Waals surface area contributed by atoms with Crippen molar-refractivity contribution in [1.29, 1.82) is 0 Å². The van der Waals surface area contributed by atoms with Gasteiger partial charge in [0.2, 0.25) is 0 Å². The second-order valence-electron chi connectivity index (χ2n) is 6.03. The van der Waals surface area contributed by atoms with Gasteiger partial charge in [-0.1, -0.05) is 19.3 Å². The van der Waals surface area contributed by atoms with Crippen LogP contribution in [0.15, 0.2) is 4.99 Å². The number of guanidine groups is 1. The molecule has 1 spiro atoms. The zero-order valence-corrected chi connectivity index (χ0v) is 11.5. The molecule has 1 unspecified atom stereocenters. The van der Waals surface area contributed by atoms with Crippen molar-refractivity contribution >= 4 is 5.96 Å². The third-order valence-electron chi connectivity index (χ3n) is 4.65. The molecule has 0 aromatic heterocycles. The van der Waals surface area contributed by atoms with E-state index in [1.54, 1.807) is 0 Å². The molecule has 1 aliphatic carbocycles. The first-order valence-corrected chi connectivity index (χ1v) is 7.45. The molecule has 3 aliphatic rings. The number of nitrogens with one attached hydrogen (secondary N) is 1. The average molecular weight is 251 g/mol. The molecule has 0 radical (unpaired) electrons. The summed E-state index contributed by atoms with van der Waals surface area (Å²) in [6.45, 7) is 2.89. The van der Waals surface area contributed by atoms with Crippen LogP contribution in [0.5, 0.6) is 0 Å². The summed E-state index contributed by atoms with van der Waals surface area (Å²) in [6.07, 6.45) is 9.54. The van der Waals surface area contributed by atoms with Crippen LogP contribution >= 0.6 is 0 Å². The lowest BCUT2D eigenvalue weighted by atomic mass is 9.83. The van der Waals surface area contributed by atoms with E-state index in [9.17, 15) is 0 Å². The lowest BCUT2D eigenvalue weighted by Gasteiger charge is -2.33. The summed E-state index contributed by atoms with van der Waals surface area (Å²) in [6, 6.07) is 0. The minimum atomic E-state index is 0.244. The highest BCUT2D eigenvalue weighted by atomic mass is 16.5. The van der Waals surface area contributed by atoms with Crippen molar-refractivity contribution in [2.75, 3.05) is 26.7 Å². The molecule has 0 aromatic carbocycles. The molecule has 1 N–H and O–H groups in total. The standard InChI is InChI=1S/C14H25N3O/c1-17-10-9-15-13(17)16-11-12-5-8-14(18-12)6-3-2-4-7-14/h12H,2-11H2,1H3,(H,15,16). The zero-order valence-electron chi connectivity index (χ0n) is 11.5. The predicted octanol–water partition coefficient (Wildman–Crippen LogP) is 1.76. The lowest BCUT2D eigenvalue weighted by Crippen LogP contribution is -2.41. The second-order valence-corrected chi connectivity index (χ2v) is 6.03. The van der Waals surface area contributed by atoms with Crippen molar-refractivity contribution in [3.8, 4) is 0 Å². The molecule has 2 aliphatic heterocycles. The van der Waals surface area contributed by atoms with E-state index in [1.807, 2.05) is 0 Å².